The molecule has 0 atom stereocenters. The Morgan fingerprint density at radius 1 is 1.33 bits per heavy atom. The minimum atomic E-state index is 0.746. The van der Waals surface area contributed by atoms with Gasteiger partial charge in [0.25, 0.3) is 0 Å². The molecule has 15 heavy (non-hydrogen) atoms. The largest absolute Gasteiger partial charge is 0.308 e. The minimum absolute atomic E-state index is 0.746. The summed E-state index contributed by atoms with van der Waals surface area (Å²) in [7, 11) is 0. The van der Waals surface area contributed by atoms with Crippen molar-refractivity contribution < 1.29 is 0 Å². The SMILES string of the molecule is NNc1cc(SC2CCCCC2)ccn1. The highest BCUT2D eigenvalue weighted by molar-refractivity contribution is 8.00. The second-order valence-corrected chi connectivity index (χ2v) is 5.27. The van der Waals surface area contributed by atoms with Gasteiger partial charge in [0.15, 0.2) is 0 Å². The first-order valence-electron chi connectivity index (χ1n) is 5.48. The number of hydrazine groups is 1. The van der Waals surface area contributed by atoms with Gasteiger partial charge in [-0.25, -0.2) is 10.8 Å². The van der Waals surface area contributed by atoms with Crippen LogP contribution in [0.15, 0.2) is 23.2 Å². The van der Waals surface area contributed by atoms with Crippen molar-refractivity contribution in [3.8, 4) is 0 Å². The summed E-state index contributed by atoms with van der Waals surface area (Å²) >= 11 is 1.96. The van der Waals surface area contributed by atoms with Crippen molar-refractivity contribution in [3.63, 3.8) is 0 Å². The Morgan fingerprint density at radius 3 is 2.87 bits per heavy atom. The molecule has 1 aliphatic carbocycles. The first-order chi connectivity index (χ1) is 7.38. The molecule has 0 saturated heterocycles. The normalized spacial score (nSPS) is 17.7. The smallest absolute Gasteiger partial charge is 0.140 e. The fourth-order valence-electron chi connectivity index (χ4n) is 1.94. The second kappa shape index (κ2) is 5.37. The fourth-order valence-corrected chi connectivity index (χ4v) is 3.21. The number of nitrogens with one attached hydrogen (secondary N) is 1. The average molecular weight is 223 g/mol. The van der Waals surface area contributed by atoms with Crippen LogP contribution >= 0.6 is 11.8 Å². The summed E-state index contributed by atoms with van der Waals surface area (Å²) in [4.78, 5) is 5.37. The van der Waals surface area contributed by atoms with Gasteiger partial charge in [0, 0.05) is 16.3 Å². The quantitative estimate of drug-likeness (QED) is 0.611. The molecular weight excluding hydrogens is 206 g/mol. The predicted molar refractivity (Wildman–Crippen MR) is 64.8 cm³/mol. The number of aromatic nitrogens is 1. The summed E-state index contributed by atoms with van der Waals surface area (Å²) in [5, 5.41) is 0.784. The zero-order valence-electron chi connectivity index (χ0n) is 8.78. The van der Waals surface area contributed by atoms with Crippen LogP contribution in [-0.4, -0.2) is 10.2 Å². The highest BCUT2D eigenvalue weighted by Gasteiger charge is 2.14. The fraction of sp³-hybridized carbons (Fsp3) is 0.545. The van der Waals surface area contributed by atoms with Crippen molar-refractivity contribution in [1.29, 1.82) is 0 Å². The third-order valence-electron chi connectivity index (χ3n) is 2.73. The molecule has 82 valence electrons. The van der Waals surface area contributed by atoms with Gasteiger partial charge in [-0.05, 0) is 25.0 Å². The number of nitrogens with zero attached hydrogens (tertiary/aromatic N) is 1. The molecule has 1 aliphatic rings. The van der Waals surface area contributed by atoms with Crippen LogP contribution in [0.2, 0.25) is 0 Å². The van der Waals surface area contributed by atoms with Crippen molar-refractivity contribution in [3.05, 3.63) is 18.3 Å². The molecule has 0 amide bonds. The van der Waals surface area contributed by atoms with E-state index in [2.05, 4.69) is 16.5 Å². The molecule has 0 spiro atoms. The van der Waals surface area contributed by atoms with Gasteiger partial charge in [0.2, 0.25) is 0 Å². The first kappa shape index (κ1) is 10.8. The standard InChI is InChI=1S/C11H17N3S/c12-14-11-8-10(6-7-13-11)15-9-4-2-1-3-5-9/h6-9H,1-5,12H2,(H,13,14). The monoisotopic (exact) mass is 223 g/mol. The second-order valence-electron chi connectivity index (χ2n) is 3.90. The summed E-state index contributed by atoms with van der Waals surface area (Å²) in [6, 6.07) is 4.07. The molecule has 1 heterocycles. The van der Waals surface area contributed by atoms with Gasteiger partial charge in [0.05, 0.1) is 0 Å². The number of hydrogen-bond acceptors (Lipinski definition) is 4. The Kier molecular flexibility index (Phi) is 3.86. The summed E-state index contributed by atoms with van der Waals surface area (Å²) in [5.41, 5.74) is 2.58. The van der Waals surface area contributed by atoms with E-state index < -0.39 is 0 Å². The van der Waals surface area contributed by atoms with E-state index in [0.717, 1.165) is 11.1 Å². The Labute approximate surface area is 94.8 Å². The number of nitrogens with two attached hydrogens (primary N) is 1. The van der Waals surface area contributed by atoms with Crippen LogP contribution in [0.3, 0.4) is 0 Å². The van der Waals surface area contributed by atoms with Crippen molar-refractivity contribution in [2.45, 2.75) is 42.2 Å². The number of nitrogen functional groups attached to an aromatic ring is 1. The van der Waals surface area contributed by atoms with E-state index in [9.17, 15) is 0 Å². The zero-order chi connectivity index (χ0) is 10.5. The van der Waals surface area contributed by atoms with Gasteiger partial charge < -0.3 is 5.43 Å². The third-order valence-corrected chi connectivity index (χ3v) is 4.07. The van der Waals surface area contributed by atoms with Crippen LogP contribution in [0, 0.1) is 0 Å². The van der Waals surface area contributed by atoms with Crippen LogP contribution in [0.4, 0.5) is 5.82 Å². The van der Waals surface area contributed by atoms with Crippen LogP contribution in [-0.2, 0) is 0 Å². The van der Waals surface area contributed by atoms with E-state index >= 15 is 0 Å². The lowest BCUT2D eigenvalue weighted by atomic mass is 10.0. The predicted octanol–water partition coefficient (Wildman–Crippen LogP) is 2.79. The summed E-state index contributed by atoms with van der Waals surface area (Å²) < 4.78 is 0. The van der Waals surface area contributed by atoms with E-state index in [0.29, 0.717) is 0 Å². The molecule has 1 fully saturated rings. The van der Waals surface area contributed by atoms with E-state index in [-0.39, 0.29) is 0 Å². The first-order valence-corrected chi connectivity index (χ1v) is 6.36. The molecule has 2 rings (SSSR count). The number of rotatable bonds is 3. The van der Waals surface area contributed by atoms with Gasteiger partial charge in [-0.2, -0.15) is 0 Å². The number of pyridine rings is 1. The van der Waals surface area contributed by atoms with E-state index in [4.69, 9.17) is 5.84 Å². The minimum Gasteiger partial charge on any atom is -0.308 e. The highest BCUT2D eigenvalue weighted by atomic mass is 32.2. The number of hydrogen-bond donors (Lipinski definition) is 2. The van der Waals surface area contributed by atoms with Crippen LogP contribution in [0.1, 0.15) is 32.1 Å². The van der Waals surface area contributed by atoms with Crippen LogP contribution in [0.25, 0.3) is 0 Å². The molecule has 0 aromatic carbocycles. The van der Waals surface area contributed by atoms with Crippen LogP contribution in [0.5, 0.6) is 0 Å². The van der Waals surface area contributed by atoms with Crippen molar-refractivity contribution in [2.75, 3.05) is 5.43 Å². The van der Waals surface area contributed by atoms with Crippen LogP contribution < -0.4 is 11.3 Å². The average Bonchev–Trinajstić information content (AvgIpc) is 2.31. The van der Waals surface area contributed by atoms with Crippen molar-refractivity contribution in [1.82, 2.24) is 4.98 Å². The van der Waals surface area contributed by atoms with Gasteiger partial charge in [0.1, 0.15) is 5.82 Å². The van der Waals surface area contributed by atoms with E-state index in [1.54, 1.807) is 6.20 Å². The molecule has 1 saturated carbocycles. The van der Waals surface area contributed by atoms with Crippen molar-refractivity contribution in [2.24, 2.45) is 5.84 Å². The van der Waals surface area contributed by atoms with E-state index in [1.165, 1.54) is 37.0 Å². The molecular formula is C11H17N3S. The summed E-state index contributed by atoms with van der Waals surface area (Å²) in [6.45, 7) is 0. The lowest BCUT2D eigenvalue weighted by Gasteiger charge is -2.20. The highest BCUT2D eigenvalue weighted by Crippen LogP contribution is 2.33. The molecule has 0 bridgehead atoms. The molecule has 3 N–H and O–H groups in total. The van der Waals surface area contributed by atoms with Gasteiger partial charge in [-0.3, -0.25) is 0 Å². The molecule has 1 aromatic rings. The molecule has 0 aliphatic heterocycles. The molecule has 0 radical (unpaired) electrons. The maximum absolute atomic E-state index is 5.33. The van der Waals surface area contributed by atoms with Crippen molar-refractivity contribution >= 4 is 17.6 Å². The van der Waals surface area contributed by atoms with E-state index in [1.807, 2.05) is 17.8 Å². The molecule has 4 heteroatoms. The Hall–Kier alpha value is -0.740. The Balaban J connectivity index is 1.96. The number of anilines is 1. The van der Waals surface area contributed by atoms with Gasteiger partial charge >= 0.3 is 0 Å². The Morgan fingerprint density at radius 2 is 2.13 bits per heavy atom. The number of thioether (sulfide) groups is 1. The lowest BCUT2D eigenvalue weighted by molar-refractivity contribution is 0.516. The topological polar surface area (TPSA) is 50.9 Å². The summed E-state index contributed by atoms with van der Waals surface area (Å²) in [5.74, 6) is 6.08. The molecule has 0 unspecified atom stereocenters. The molecule has 1 aromatic heterocycles. The maximum atomic E-state index is 5.33. The lowest BCUT2D eigenvalue weighted by Crippen LogP contribution is -2.09. The Bertz CT molecular complexity index is 310. The van der Waals surface area contributed by atoms with Gasteiger partial charge in [-0.15, -0.1) is 11.8 Å². The zero-order valence-corrected chi connectivity index (χ0v) is 9.59. The summed E-state index contributed by atoms with van der Waals surface area (Å²) in [6.07, 6.45) is 8.66. The van der Waals surface area contributed by atoms with Gasteiger partial charge in [-0.1, -0.05) is 19.3 Å². The third kappa shape index (κ3) is 3.11. The molecule has 3 nitrogen and oxygen atoms in total. The maximum Gasteiger partial charge on any atom is 0.140 e.